The van der Waals surface area contributed by atoms with Crippen molar-refractivity contribution in [3.63, 3.8) is 0 Å². The van der Waals surface area contributed by atoms with Crippen molar-refractivity contribution in [2.75, 3.05) is 0 Å². The fraction of sp³-hybridized carbons (Fsp3) is 0.190. The second-order valence-corrected chi connectivity index (χ2v) is 6.70. The molecule has 0 radical (unpaired) electrons. The van der Waals surface area contributed by atoms with Gasteiger partial charge in [0.05, 0.1) is 11.6 Å². The van der Waals surface area contributed by atoms with E-state index >= 15 is 0 Å². The largest absolute Gasteiger partial charge is 0.416 e. The van der Waals surface area contributed by atoms with Gasteiger partial charge in [0.2, 0.25) is 0 Å². The van der Waals surface area contributed by atoms with E-state index in [1.165, 1.54) is 36.4 Å². The fourth-order valence-electron chi connectivity index (χ4n) is 2.82. The summed E-state index contributed by atoms with van der Waals surface area (Å²) in [6.45, 7) is 1.60. The third-order valence-corrected chi connectivity index (χ3v) is 4.39. The summed E-state index contributed by atoms with van der Waals surface area (Å²) in [6, 6.07) is 10.5. The second kappa shape index (κ2) is 8.48. The van der Waals surface area contributed by atoms with Crippen LogP contribution in [0.15, 0.2) is 59.4 Å². The van der Waals surface area contributed by atoms with Gasteiger partial charge in [0.1, 0.15) is 17.3 Å². The molecule has 30 heavy (non-hydrogen) atoms. The Hall–Kier alpha value is -3.49. The molecule has 0 fully saturated rings. The van der Waals surface area contributed by atoms with Crippen LogP contribution in [0, 0.1) is 5.82 Å². The minimum atomic E-state index is -4.44. The van der Waals surface area contributed by atoms with Crippen LogP contribution >= 0.6 is 0 Å². The summed E-state index contributed by atoms with van der Waals surface area (Å²) in [5.41, 5.74) is -0.293. The van der Waals surface area contributed by atoms with Crippen LogP contribution in [-0.4, -0.2) is 15.9 Å². The highest BCUT2D eigenvalue weighted by atomic mass is 19.4. The molecule has 3 aromatic rings. The Balaban J connectivity index is 1.73. The fourth-order valence-corrected chi connectivity index (χ4v) is 2.82. The van der Waals surface area contributed by atoms with Crippen molar-refractivity contribution in [1.82, 2.24) is 15.3 Å². The number of halogens is 4. The lowest BCUT2D eigenvalue weighted by Gasteiger charge is -2.15. The molecule has 0 saturated heterocycles. The van der Waals surface area contributed by atoms with Gasteiger partial charge in [-0.2, -0.15) is 13.2 Å². The van der Waals surface area contributed by atoms with Gasteiger partial charge >= 0.3 is 6.18 Å². The van der Waals surface area contributed by atoms with Crippen molar-refractivity contribution in [3.05, 3.63) is 99.0 Å². The van der Waals surface area contributed by atoms with Crippen LogP contribution in [0.2, 0.25) is 0 Å². The molecular weight excluding hydrogens is 402 g/mol. The van der Waals surface area contributed by atoms with Crippen molar-refractivity contribution < 1.29 is 22.4 Å². The Kier molecular flexibility index (Phi) is 6.00. The number of aromatic nitrogens is 2. The molecule has 0 unspecified atom stereocenters. The van der Waals surface area contributed by atoms with E-state index in [-0.39, 0.29) is 17.9 Å². The van der Waals surface area contributed by atoms with Crippen molar-refractivity contribution in [2.45, 2.75) is 25.6 Å². The summed E-state index contributed by atoms with van der Waals surface area (Å²) in [6.07, 6.45) is -4.26. The van der Waals surface area contributed by atoms with Crippen molar-refractivity contribution in [3.8, 4) is 0 Å². The van der Waals surface area contributed by atoms with E-state index in [0.717, 1.165) is 18.2 Å². The number of amides is 1. The first-order chi connectivity index (χ1) is 14.1. The Labute approximate surface area is 168 Å². The monoisotopic (exact) mass is 419 g/mol. The minimum absolute atomic E-state index is 0.130. The van der Waals surface area contributed by atoms with Gasteiger partial charge in [-0.1, -0.05) is 24.3 Å². The van der Waals surface area contributed by atoms with E-state index in [1.807, 2.05) is 0 Å². The topological polar surface area (TPSA) is 74.8 Å². The summed E-state index contributed by atoms with van der Waals surface area (Å²) < 4.78 is 51.0. The summed E-state index contributed by atoms with van der Waals surface area (Å²) in [7, 11) is 0. The van der Waals surface area contributed by atoms with Crippen LogP contribution in [0.25, 0.3) is 0 Å². The molecule has 2 aromatic carbocycles. The SMILES string of the molecule is C[C@@H](NC(=O)c1cc(=O)[nH]c(Cc2ccc(F)cc2)n1)c1ccc(C(F)(F)F)cc1. The number of carbonyl (C=O) groups excluding carboxylic acids is 1. The van der Waals surface area contributed by atoms with Gasteiger partial charge in [-0.05, 0) is 42.3 Å². The molecule has 2 N–H and O–H groups in total. The van der Waals surface area contributed by atoms with Gasteiger partial charge in [-0.15, -0.1) is 0 Å². The number of aromatic amines is 1. The van der Waals surface area contributed by atoms with Gasteiger partial charge in [-0.25, -0.2) is 9.37 Å². The average Bonchev–Trinajstić information content (AvgIpc) is 2.68. The number of hydrogen-bond donors (Lipinski definition) is 2. The number of carbonyl (C=O) groups is 1. The molecule has 1 aromatic heterocycles. The number of H-pyrrole nitrogens is 1. The normalized spacial score (nSPS) is 12.4. The molecule has 0 aliphatic heterocycles. The van der Waals surface area contributed by atoms with Crippen molar-refractivity contribution in [1.29, 1.82) is 0 Å². The highest BCUT2D eigenvalue weighted by Gasteiger charge is 2.30. The third kappa shape index (κ3) is 5.31. The average molecular weight is 419 g/mol. The Bertz CT molecular complexity index is 1090. The summed E-state index contributed by atoms with van der Waals surface area (Å²) in [5.74, 6) is -0.819. The van der Waals surface area contributed by atoms with Crippen molar-refractivity contribution in [2.24, 2.45) is 0 Å². The molecule has 0 saturated carbocycles. The van der Waals surface area contributed by atoms with E-state index in [9.17, 15) is 27.2 Å². The summed E-state index contributed by atoms with van der Waals surface area (Å²) in [4.78, 5) is 31.1. The Morgan fingerprint density at radius 3 is 2.33 bits per heavy atom. The molecule has 9 heteroatoms. The summed E-state index contributed by atoms with van der Waals surface area (Å²) >= 11 is 0. The molecule has 5 nitrogen and oxygen atoms in total. The number of nitrogens with zero attached hydrogens (tertiary/aromatic N) is 1. The molecule has 0 aliphatic rings. The highest BCUT2D eigenvalue weighted by Crippen LogP contribution is 2.29. The predicted molar refractivity (Wildman–Crippen MR) is 101 cm³/mol. The molecule has 3 rings (SSSR count). The van der Waals surface area contributed by atoms with Gasteiger partial charge in [0.15, 0.2) is 0 Å². The highest BCUT2D eigenvalue weighted by molar-refractivity contribution is 5.92. The molecule has 0 spiro atoms. The van der Waals surface area contributed by atoms with Crippen LogP contribution < -0.4 is 10.9 Å². The van der Waals surface area contributed by atoms with Gasteiger partial charge < -0.3 is 10.3 Å². The molecule has 1 heterocycles. The lowest BCUT2D eigenvalue weighted by molar-refractivity contribution is -0.137. The van der Waals surface area contributed by atoms with E-state index < -0.39 is 35.1 Å². The zero-order valence-corrected chi connectivity index (χ0v) is 15.8. The van der Waals surface area contributed by atoms with E-state index in [0.29, 0.717) is 11.1 Å². The molecule has 156 valence electrons. The maximum Gasteiger partial charge on any atom is 0.416 e. The number of benzene rings is 2. The van der Waals surface area contributed by atoms with Crippen LogP contribution in [0.1, 0.15) is 46.0 Å². The number of alkyl halides is 3. The third-order valence-electron chi connectivity index (χ3n) is 4.39. The van der Waals surface area contributed by atoms with E-state index in [4.69, 9.17) is 0 Å². The summed E-state index contributed by atoms with van der Waals surface area (Å²) in [5, 5.41) is 2.61. The standard InChI is InChI=1S/C21H17F4N3O2/c1-12(14-4-6-15(7-5-14)21(23,24)25)26-20(30)17-11-19(29)28-18(27-17)10-13-2-8-16(22)9-3-13/h2-9,11-12H,10H2,1H3,(H,26,30)(H,27,28,29)/t12-/m1/s1. The molecule has 1 atom stereocenters. The van der Waals surface area contributed by atoms with E-state index in [2.05, 4.69) is 15.3 Å². The molecule has 1 amide bonds. The molecule has 0 bridgehead atoms. The van der Waals surface area contributed by atoms with Crippen LogP contribution in [0.5, 0.6) is 0 Å². The first kappa shape index (κ1) is 21.2. The van der Waals surface area contributed by atoms with Crippen LogP contribution in [-0.2, 0) is 12.6 Å². The first-order valence-electron chi connectivity index (χ1n) is 8.94. The van der Waals surface area contributed by atoms with Gasteiger partial charge in [-0.3, -0.25) is 9.59 Å². The van der Waals surface area contributed by atoms with Gasteiger partial charge in [0.25, 0.3) is 11.5 Å². The lowest BCUT2D eigenvalue weighted by Crippen LogP contribution is -2.29. The predicted octanol–water partition coefficient (Wildman–Crippen LogP) is 4.01. The molecule has 0 aliphatic carbocycles. The Morgan fingerprint density at radius 2 is 1.73 bits per heavy atom. The second-order valence-electron chi connectivity index (χ2n) is 6.70. The maximum absolute atomic E-state index is 13.0. The zero-order chi connectivity index (χ0) is 21.9. The smallest absolute Gasteiger partial charge is 0.344 e. The van der Waals surface area contributed by atoms with Crippen LogP contribution in [0.4, 0.5) is 17.6 Å². The quantitative estimate of drug-likeness (QED) is 0.614. The lowest BCUT2D eigenvalue weighted by atomic mass is 10.1. The zero-order valence-electron chi connectivity index (χ0n) is 15.8. The number of nitrogens with one attached hydrogen (secondary N) is 2. The number of rotatable bonds is 5. The van der Waals surface area contributed by atoms with Crippen LogP contribution in [0.3, 0.4) is 0 Å². The maximum atomic E-state index is 13.0. The van der Waals surface area contributed by atoms with Gasteiger partial charge in [0, 0.05) is 12.5 Å². The van der Waals surface area contributed by atoms with Crippen molar-refractivity contribution >= 4 is 5.91 Å². The van der Waals surface area contributed by atoms with E-state index in [1.54, 1.807) is 6.92 Å². The number of hydrogen-bond acceptors (Lipinski definition) is 3. The molecular formula is C21H17F4N3O2. The minimum Gasteiger partial charge on any atom is -0.344 e. The first-order valence-corrected chi connectivity index (χ1v) is 8.94. The Morgan fingerprint density at radius 1 is 1.10 bits per heavy atom.